The van der Waals surface area contributed by atoms with E-state index < -0.39 is 21.1 Å². The summed E-state index contributed by atoms with van der Waals surface area (Å²) in [6.45, 7) is 2.26. The quantitative estimate of drug-likeness (QED) is 0.234. The minimum absolute atomic E-state index is 0.0623. The molecule has 0 atom stereocenters. The highest BCUT2D eigenvalue weighted by Crippen LogP contribution is 2.41. The number of alkyl halides is 3. The zero-order chi connectivity index (χ0) is 22.3. The first-order chi connectivity index (χ1) is 14.8. The molecule has 1 saturated heterocycles. The normalized spacial score (nSPS) is 27.0. The summed E-state index contributed by atoms with van der Waals surface area (Å²) in [4.78, 5) is 12.4. The summed E-state index contributed by atoms with van der Waals surface area (Å²) in [5.41, 5.74) is 1.22. The van der Waals surface area contributed by atoms with Crippen LogP contribution in [0.15, 0.2) is 24.3 Å². The lowest BCUT2D eigenvalue weighted by Gasteiger charge is -2.37. The molecule has 7 heteroatoms. The molecule has 0 aromatic heterocycles. The number of esters is 1. The minimum Gasteiger partial charge on any atom is -0.459 e. The Kier molecular flexibility index (Phi) is 8.87. The third-order valence-corrected chi connectivity index (χ3v) is 11.2. The SMILES string of the molecule is CCCCCC1CCC([Si@H]2CC[C@H](OC(=O)c3ccc(OC(F)(F)F)cc3)CC2)CC1. The number of benzene rings is 1. The molecule has 1 saturated carbocycles. The van der Waals surface area contributed by atoms with Crippen molar-refractivity contribution in [2.24, 2.45) is 5.92 Å². The van der Waals surface area contributed by atoms with Crippen LogP contribution in [-0.4, -0.2) is 27.2 Å². The van der Waals surface area contributed by atoms with Gasteiger partial charge in [-0.3, -0.25) is 0 Å². The van der Waals surface area contributed by atoms with Gasteiger partial charge in [0.15, 0.2) is 0 Å². The van der Waals surface area contributed by atoms with E-state index in [0.717, 1.165) is 36.4 Å². The first-order valence-corrected chi connectivity index (χ1v) is 14.2. The molecule has 31 heavy (non-hydrogen) atoms. The van der Waals surface area contributed by atoms with Crippen LogP contribution in [0.5, 0.6) is 5.75 Å². The van der Waals surface area contributed by atoms with Gasteiger partial charge in [-0.2, -0.15) is 0 Å². The zero-order valence-corrected chi connectivity index (χ0v) is 19.6. The Balaban J connectivity index is 1.38. The second kappa shape index (κ2) is 11.4. The molecule has 0 radical (unpaired) electrons. The lowest BCUT2D eigenvalue weighted by molar-refractivity contribution is -0.274. The van der Waals surface area contributed by atoms with Crippen LogP contribution in [0.2, 0.25) is 17.6 Å². The van der Waals surface area contributed by atoms with Crippen LogP contribution in [0.4, 0.5) is 13.2 Å². The van der Waals surface area contributed by atoms with Crippen molar-refractivity contribution in [2.75, 3.05) is 0 Å². The van der Waals surface area contributed by atoms with E-state index in [1.165, 1.54) is 75.6 Å². The van der Waals surface area contributed by atoms with Gasteiger partial charge in [0.2, 0.25) is 0 Å². The first kappa shape index (κ1) is 24.1. The van der Waals surface area contributed by atoms with Gasteiger partial charge in [0.05, 0.1) is 5.56 Å². The number of rotatable bonds is 8. The maximum Gasteiger partial charge on any atom is 0.573 e. The first-order valence-electron chi connectivity index (χ1n) is 11.9. The fraction of sp³-hybridized carbons (Fsp3) is 0.708. The Morgan fingerprint density at radius 3 is 2.23 bits per heavy atom. The van der Waals surface area contributed by atoms with Crippen LogP contribution in [-0.2, 0) is 4.74 Å². The van der Waals surface area contributed by atoms with E-state index in [4.69, 9.17) is 4.74 Å². The lowest BCUT2D eigenvalue weighted by atomic mass is 9.85. The maximum absolute atomic E-state index is 12.4. The fourth-order valence-electron chi connectivity index (χ4n) is 5.32. The van der Waals surface area contributed by atoms with Crippen molar-refractivity contribution in [1.29, 1.82) is 0 Å². The van der Waals surface area contributed by atoms with E-state index in [0.29, 0.717) is 0 Å². The monoisotopic (exact) mass is 456 g/mol. The van der Waals surface area contributed by atoms with Crippen LogP contribution >= 0.6 is 0 Å². The van der Waals surface area contributed by atoms with E-state index >= 15 is 0 Å². The number of unbranched alkanes of at least 4 members (excludes halogenated alkanes) is 2. The van der Waals surface area contributed by atoms with E-state index in [1.54, 1.807) is 0 Å². The number of carbonyl (C=O) groups is 1. The number of carbonyl (C=O) groups excluding carboxylic acids is 1. The summed E-state index contributed by atoms with van der Waals surface area (Å²) >= 11 is 0. The van der Waals surface area contributed by atoms with E-state index in [-0.39, 0.29) is 17.4 Å². The molecule has 2 aliphatic rings. The smallest absolute Gasteiger partial charge is 0.459 e. The molecule has 2 fully saturated rings. The highest BCUT2D eigenvalue weighted by atomic mass is 28.3. The Hall–Kier alpha value is -1.50. The van der Waals surface area contributed by atoms with Crippen LogP contribution < -0.4 is 4.74 Å². The van der Waals surface area contributed by atoms with Crippen LogP contribution in [0.25, 0.3) is 0 Å². The molecular formula is C24H35F3O3Si. The molecule has 0 unspecified atom stereocenters. The molecule has 1 aliphatic heterocycles. The highest BCUT2D eigenvalue weighted by molar-refractivity contribution is 6.60. The summed E-state index contributed by atoms with van der Waals surface area (Å²) < 4.78 is 46.2. The predicted molar refractivity (Wildman–Crippen MR) is 118 cm³/mol. The molecule has 0 amide bonds. The third kappa shape index (κ3) is 7.85. The molecule has 0 N–H and O–H groups in total. The number of ether oxygens (including phenoxy) is 2. The second-order valence-corrected chi connectivity index (χ2v) is 12.9. The molecule has 1 aromatic rings. The molecule has 1 aromatic carbocycles. The van der Waals surface area contributed by atoms with Crippen molar-refractivity contribution < 1.29 is 27.4 Å². The van der Waals surface area contributed by atoms with Gasteiger partial charge in [-0.15, -0.1) is 13.2 Å². The number of hydrogen-bond donors (Lipinski definition) is 0. The van der Waals surface area contributed by atoms with Gasteiger partial charge in [-0.05, 0) is 48.6 Å². The molecule has 3 rings (SSSR count). The Morgan fingerprint density at radius 1 is 1.00 bits per heavy atom. The average molecular weight is 457 g/mol. The Labute approximate surface area is 185 Å². The zero-order valence-electron chi connectivity index (χ0n) is 18.5. The van der Waals surface area contributed by atoms with Crippen molar-refractivity contribution in [1.82, 2.24) is 0 Å². The van der Waals surface area contributed by atoms with Crippen LogP contribution in [0.3, 0.4) is 0 Å². The van der Waals surface area contributed by atoms with Gasteiger partial charge < -0.3 is 9.47 Å². The van der Waals surface area contributed by atoms with Crippen molar-refractivity contribution >= 4 is 14.8 Å². The Bertz CT molecular complexity index is 676. The number of hydrogen-bond acceptors (Lipinski definition) is 3. The summed E-state index contributed by atoms with van der Waals surface area (Å²) in [7, 11) is -0.768. The van der Waals surface area contributed by atoms with Crippen molar-refractivity contribution in [2.45, 2.75) is 101 Å². The maximum atomic E-state index is 12.4. The topological polar surface area (TPSA) is 35.5 Å². The molecule has 3 nitrogen and oxygen atoms in total. The standard InChI is InChI=1S/C24H35F3O3Si/c1-2-3-4-5-18-6-12-22(13-7-18)31-16-14-20(15-17-31)29-23(28)19-8-10-21(11-9-19)30-24(25,26)27/h8-11,18,20,22,31H,2-7,12-17H2,1H3/t18?,20-,22?,31-. The molecular weight excluding hydrogens is 421 g/mol. The van der Waals surface area contributed by atoms with Crippen LogP contribution in [0.1, 0.15) is 81.5 Å². The molecule has 174 valence electrons. The Morgan fingerprint density at radius 2 is 1.65 bits per heavy atom. The summed E-state index contributed by atoms with van der Waals surface area (Å²) in [6, 6.07) is 7.41. The van der Waals surface area contributed by atoms with E-state index in [2.05, 4.69) is 11.7 Å². The molecule has 1 heterocycles. The summed E-state index contributed by atoms with van der Waals surface area (Å²) in [5, 5.41) is 0. The van der Waals surface area contributed by atoms with E-state index in [1.807, 2.05) is 0 Å². The largest absolute Gasteiger partial charge is 0.573 e. The molecule has 0 spiro atoms. The van der Waals surface area contributed by atoms with Crippen molar-refractivity contribution in [3.05, 3.63) is 29.8 Å². The fourth-order valence-corrected chi connectivity index (χ4v) is 9.48. The summed E-state index contributed by atoms with van der Waals surface area (Å²) in [5.74, 6) is 0.147. The minimum atomic E-state index is -4.74. The van der Waals surface area contributed by atoms with E-state index in [9.17, 15) is 18.0 Å². The summed E-state index contributed by atoms with van der Waals surface area (Å²) in [6.07, 6.45) is 8.17. The van der Waals surface area contributed by atoms with Gasteiger partial charge in [-0.25, -0.2) is 4.79 Å². The number of halogens is 3. The predicted octanol–water partition coefficient (Wildman–Crippen LogP) is 7.27. The van der Waals surface area contributed by atoms with Gasteiger partial charge in [0.1, 0.15) is 11.9 Å². The third-order valence-electron chi connectivity index (χ3n) is 7.09. The van der Waals surface area contributed by atoms with Gasteiger partial charge in [0.25, 0.3) is 0 Å². The van der Waals surface area contributed by atoms with Crippen molar-refractivity contribution in [3.8, 4) is 5.75 Å². The van der Waals surface area contributed by atoms with Gasteiger partial charge in [-0.1, -0.05) is 70.4 Å². The second-order valence-electron chi connectivity index (χ2n) is 9.29. The molecule has 0 bridgehead atoms. The molecule has 1 aliphatic carbocycles. The van der Waals surface area contributed by atoms with Crippen LogP contribution in [0, 0.1) is 5.92 Å². The van der Waals surface area contributed by atoms with Gasteiger partial charge in [0, 0.05) is 8.80 Å². The van der Waals surface area contributed by atoms with Crippen molar-refractivity contribution in [3.63, 3.8) is 0 Å². The average Bonchev–Trinajstić information content (AvgIpc) is 2.74. The lowest BCUT2D eigenvalue weighted by Crippen LogP contribution is -2.33. The van der Waals surface area contributed by atoms with Gasteiger partial charge >= 0.3 is 12.3 Å². The highest BCUT2D eigenvalue weighted by Gasteiger charge is 2.33.